The van der Waals surface area contributed by atoms with Gasteiger partial charge in [-0.25, -0.2) is 18.0 Å². The Labute approximate surface area is 171 Å². The molecule has 2 aliphatic rings. The Morgan fingerprint density at radius 2 is 1.93 bits per heavy atom. The molecule has 2 amide bonds. The number of carbonyl (C=O) groups is 2. The molecule has 1 aromatic heterocycles. The minimum atomic E-state index is -1.56. The van der Waals surface area contributed by atoms with Crippen LogP contribution in [0.15, 0.2) is 18.3 Å². The Kier molecular flexibility index (Phi) is 4.74. The molecule has 160 valence electrons. The SMILES string of the molecule is C[C@H]1Cn2ncc(N3CC(C)(C)OC3=O)c2CN1C(=O)Cc1cc(F)c(F)c(F)c1. The first-order valence-electron chi connectivity index (χ1n) is 9.54. The summed E-state index contributed by atoms with van der Waals surface area (Å²) < 4.78 is 47.2. The number of carbonyl (C=O) groups excluding carboxylic acids is 2. The first-order chi connectivity index (χ1) is 14.1. The summed E-state index contributed by atoms with van der Waals surface area (Å²) in [5.41, 5.74) is 0.648. The van der Waals surface area contributed by atoms with Crippen LogP contribution in [0, 0.1) is 17.5 Å². The molecule has 1 fully saturated rings. The average molecular weight is 422 g/mol. The molecule has 0 unspecified atom stereocenters. The number of fused-ring (bicyclic) bond motifs is 1. The first kappa shape index (κ1) is 20.2. The van der Waals surface area contributed by atoms with Gasteiger partial charge in [0.15, 0.2) is 17.5 Å². The number of hydrogen-bond donors (Lipinski definition) is 0. The van der Waals surface area contributed by atoms with Gasteiger partial charge in [-0.2, -0.15) is 5.10 Å². The molecule has 7 nitrogen and oxygen atoms in total. The second-order valence-electron chi connectivity index (χ2n) is 8.29. The Bertz CT molecular complexity index is 1010. The van der Waals surface area contributed by atoms with E-state index in [0.717, 1.165) is 12.1 Å². The zero-order valence-electron chi connectivity index (χ0n) is 16.8. The van der Waals surface area contributed by atoms with E-state index in [1.165, 1.54) is 4.90 Å². The van der Waals surface area contributed by atoms with Crippen molar-refractivity contribution in [2.75, 3.05) is 11.4 Å². The van der Waals surface area contributed by atoms with Crippen molar-refractivity contribution in [2.45, 2.75) is 51.9 Å². The van der Waals surface area contributed by atoms with Crippen molar-refractivity contribution in [1.29, 1.82) is 0 Å². The molecule has 0 bridgehead atoms. The van der Waals surface area contributed by atoms with E-state index >= 15 is 0 Å². The van der Waals surface area contributed by atoms with E-state index in [4.69, 9.17) is 4.74 Å². The molecule has 30 heavy (non-hydrogen) atoms. The van der Waals surface area contributed by atoms with Crippen LogP contribution in [0.2, 0.25) is 0 Å². The summed E-state index contributed by atoms with van der Waals surface area (Å²) in [5, 5.41) is 4.33. The number of hydrogen-bond acceptors (Lipinski definition) is 4. The standard InChI is InChI=1S/C20H21F3N4O3/c1-11-8-27-16(15(7-24-27)26-10-20(2,3)30-19(26)29)9-25(11)17(28)6-12-4-13(21)18(23)14(22)5-12/h4-5,7,11H,6,8-10H2,1-3H3/t11-/m0/s1. The van der Waals surface area contributed by atoms with Crippen molar-refractivity contribution < 1.29 is 27.5 Å². The molecule has 0 aliphatic carbocycles. The summed E-state index contributed by atoms with van der Waals surface area (Å²) in [6, 6.07) is 1.42. The average Bonchev–Trinajstić information content (AvgIpc) is 3.17. The molecular weight excluding hydrogens is 401 g/mol. The summed E-state index contributed by atoms with van der Waals surface area (Å²) in [7, 11) is 0. The highest BCUT2D eigenvalue weighted by molar-refractivity contribution is 5.91. The maximum Gasteiger partial charge on any atom is 0.415 e. The molecule has 1 aromatic carbocycles. The Balaban J connectivity index is 1.57. The molecule has 3 heterocycles. The van der Waals surface area contributed by atoms with Crippen LogP contribution >= 0.6 is 0 Å². The lowest BCUT2D eigenvalue weighted by atomic mass is 10.1. The molecule has 0 saturated carbocycles. The lowest BCUT2D eigenvalue weighted by Gasteiger charge is -2.35. The highest BCUT2D eigenvalue weighted by Gasteiger charge is 2.41. The molecule has 0 spiro atoms. The largest absolute Gasteiger partial charge is 0.441 e. The number of cyclic esters (lactones) is 1. The normalized spacial score (nSPS) is 20.3. The van der Waals surface area contributed by atoms with Crippen LogP contribution in [0.5, 0.6) is 0 Å². The van der Waals surface area contributed by atoms with E-state index < -0.39 is 29.1 Å². The molecule has 2 aliphatic heterocycles. The summed E-state index contributed by atoms with van der Waals surface area (Å²) >= 11 is 0. The van der Waals surface area contributed by atoms with E-state index in [1.807, 2.05) is 6.92 Å². The molecule has 1 saturated heterocycles. The maximum atomic E-state index is 13.5. The predicted octanol–water partition coefficient (Wildman–Crippen LogP) is 3.01. The summed E-state index contributed by atoms with van der Waals surface area (Å²) in [6.45, 7) is 6.37. The van der Waals surface area contributed by atoms with E-state index in [9.17, 15) is 22.8 Å². The molecule has 1 atom stereocenters. The zero-order chi connectivity index (χ0) is 21.8. The van der Waals surface area contributed by atoms with Crippen molar-refractivity contribution in [3.05, 3.63) is 47.0 Å². The summed E-state index contributed by atoms with van der Waals surface area (Å²) in [5.74, 6) is -4.60. The number of anilines is 1. The maximum absolute atomic E-state index is 13.5. The van der Waals surface area contributed by atoms with E-state index in [2.05, 4.69) is 5.10 Å². The van der Waals surface area contributed by atoms with Gasteiger partial charge in [-0.05, 0) is 38.5 Å². The number of rotatable bonds is 3. The topological polar surface area (TPSA) is 67.7 Å². The second-order valence-corrected chi connectivity index (χ2v) is 8.29. The van der Waals surface area contributed by atoms with Crippen LogP contribution in [-0.2, 0) is 29.0 Å². The highest BCUT2D eigenvalue weighted by atomic mass is 19.2. The third-order valence-corrected chi connectivity index (χ3v) is 5.35. The van der Waals surface area contributed by atoms with Crippen LogP contribution in [0.1, 0.15) is 32.0 Å². The van der Waals surface area contributed by atoms with Crippen molar-refractivity contribution in [3.63, 3.8) is 0 Å². The van der Waals surface area contributed by atoms with Crippen LogP contribution in [0.4, 0.5) is 23.7 Å². The minimum absolute atomic E-state index is 0.0489. The Morgan fingerprint density at radius 3 is 2.53 bits per heavy atom. The second kappa shape index (κ2) is 7.03. The number of amides is 2. The molecule has 2 aromatic rings. The van der Waals surface area contributed by atoms with Gasteiger partial charge in [-0.3, -0.25) is 14.4 Å². The lowest BCUT2D eigenvalue weighted by Crippen LogP contribution is -2.46. The molecule has 0 radical (unpaired) electrons. The van der Waals surface area contributed by atoms with Gasteiger partial charge < -0.3 is 9.64 Å². The van der Waals surface area contributed by atoms with Gasteiger partial charge >= 0.3 is 6.09 Å². The number of aromatic nitrogens is 2. The fraction of sp³-hybridized carbons (Fsp3) is 0.450. The fourth-order valence-electron chi connectivity index (χ4n) is 3.89. The van der Waals surface area contributed by atoms with E-state index in [1.54, 1.807) is 29.6 Å². The zero-order valence-corrected chi connectivity index (χ0v) is 16.8. The van der Waals surface area contributed by atoms with Gasteiger partial charge in [0.2, 0.25) is 5.91 Å². The van der Waals surface area contributed by atoms with Gasteiger partial charge in [0.05, 0.1) is 43.6 Å². The number of nitrogens with zero attached hydrogens (tertiary/aromatic N) is 4. The quantitative estimate of drug-likeness (QED) is 0.714. The molecule has 10 heteroatoms. The first-order valence-corrected chi connectivity index (χ1v) is 9.54. The van der Waals surface area contributed by atoms with Crippen molar-refractivity contribution in [3.8, 4) is 0 Å². The van der Waals surface area contributed by atoms with Crippen LogP contribution in [-0.4, -0.2) is 44.9 Å². The van der Waals surface area contributed by atoms with Crippen LogP contribution < -0.4 is 4.90 Å². The van der Waals surface area contributed by atoms with Crippen molar-refractivity contribution in [2.24, 2.45) is 0 Å². The number of halogens is 3. The number of benzene rings is 1. The monoisotopic (exact) mass is 422 g/mol. The van der Waals surface area contributed by atoms with E-state index in [0.29, 0.717) is 24.5 Å². The summed E-state index contributed by atoms with van der Waals surface area (Å²) in [4.78, 5) is 28.2. The smallest absolute Gasteiger partial charge is 0.415 e. The Morgan fingerprint density at radius 1 is 1.27 bits per heavy atom. The Hall–Kier alpha value is -3.04. The van der Waals surface area contributed by atoms with Gasteiger partial charge in [0.1, 0.15) is 5.60 Å². The third-order valence-electron chi connectivity index (χ3n) is 5.35. The number of ether oxygens (including phenoxy) is 1. The highest BCUT2D eigenvalue weighted by Crippen LogP contribution is 2.33. The van der Waals surface area contributed by atoms with E-state index in [-0.39, 0.29) is 30.5 Å². The summed E-state index contributed by atoms with van der Waals surface area (Å²) in [6.07, 6.45) is 0.814. The van der Waals surface area contributed by atoms with Gasteiger partial charge in [-0.15, -0.1) is 0 Å². The predicted molar refractivity (Wildman–Crippen MR) is 100 cm³/mol. The van der Waals surface area contributed by atoms with Crippen molar-refractivity contribution >= 4 is 17.7 Å². The molecular formula is C20H21F3N4O3. The van der Waals surface area contributed by atoms with Crippen LogP contribution in [0.3, 0.4) is 0 Å². The third kappa shape index (κ3) is 3.50. The van der Waals surface area contributed by atoms with Gasteiger partial charge in [0.25, 0.3) is 0 Å². The molecule has 4 rings (SSSR count). The molecule has 0 N–H and O–H groups in total. The van der Waals surface area contributed by atoms with Crippen LogP contribution in [0.25, 0.3) is 0 Å². The fourth-order valence-corrected chi connectivity index (χ4v) is 3.89. The van der Waals surface area contributed by atoms with Gasteiger partial charge in [0, 0.05) is 6.04 Å². The lowest BCUT2D eigenvalue weighted by molar-refractivity contribution is -0.134. The van der Waals surface area contributed by atoms with Gasteiger partial charge in [-0.1, -0.05) is 0 Å². The van der Waals surface area contributed by atoms with Crippen molar-refractivity contribution in [1.82, 2.24) is 14.7 Å². The minimum Gasteiger partial charge on any atom is -0.441 e.